The van der Waals surface area contributed by atoms with Gasteiger partial charge in [-0.25, -0.2) is 0 Å². The Bertz CT molecular complexity index is 325. The van der Waals surface area contributed by atoms with Crippen molar-refractivity contribution in [3.63, 3.8) is 0 Å². The van der Waals surface area contributed by atoms with Crippen LogP contribution in [0.15, 0.2) is 20.6 Å². The molecule has 96 valence electrons. The van der Waals surface area contributed by atoms with Crippen LogP contribution in [0.5, 0.6) is 0 Å². The average molecular weight is 260 g/mol. The van der Waals surface area contributed by atoms with Crippen LogP contribution in [0.2, 0.25) is 0 Å². The summed E-state index contributed by atoms with van der Waals surface area (Å²) in [5, 5.41) is 48.7. The lowest BCUT2D eigenvalue weighted by Gasteiger charge is -2.27. The smallest absolute Gasteiger partial charge is 0.258 e. The third-order valence-corrected chi connectivity index (χ3v) is 7.51. The van der Waals surface area contributed by atoms with Crippen LogP contribution in [-0.2, 0) is 0 Å². The fourth-order valence-electron chi connectivity index (χ4n) is 1.87. The maximum atomic E-state index is 8.92. The first-order chi connectivity index (χ1) is 7.93. The maximum absolute atomic E-state index is 8.92. The standard InChI is InChI=1S/C8H16N4O4Si/c1-5(9-13)17(6(2)10-14,7(3)11-15)8(4)12-16/h13-16H,1-4H3. The van der Waals surface area contributed by atoms with Crippen LogP contribution < -0.4 is 0 Å². The van der Waals surface area contributed by atoms with Crippen molar-refractivity contribution in [2.24, 2.45) is 20.6 Å². The van der Waals surface area contributed by atoms with Crippen LogP contribution in [0, 0.1) is 0 Å². The first-order valence-corrected chi connectivity index (χ1v) is 6.69. The second kappa shape index (κ2) is 5.99. The minimum atomic E-state index is -3.21. The van der Waals surface area contributed by atoms with Crippen molar-refractivity contribution in [3.05, 3.63) is 0 Å². The zero-order chi connectivity index (χ0) is 13.6. The summed E-state index contributed by atoms with van der Waals surface area (Å²) >= 11 is 0. The average Bonchev–Trinajstić information content (AvgIpc) is 2.37. The molecule has 0 aromatic rings. The van der Waals surface area contributed by atoms with Gasteiger partial charge in [0.25, 0.3) is 8.07 Å². The highest BCUT2D eigenvalue weighted by molar-refractivity contribution is 7.55. The lowest BCUT2D eigenvalue weighted by Crippen LogP contribution is -2.63. The molecule has 0 aliphatic heterocycles. The molecule has 0 rings (SSSR count). The molecule has 9 heteroatoms. The lowest BCUT2D eigenvalue weighted by molar-refractivity contribution is 0.317. The highest BCUT2D eigenvalue weighted by Gasteiger charge is 2.49. The minimum absolute atomic E-state index is 0.179. The zero-order valence-electron chi connectivity index (χ0n) is 10.1. The molecule has 17 heavy (non-hydrogen) atoms. The highest BCUT2D eigenvalue weighted by atomic mass is 28.3. The summed E-state index contributed by atoms with van der Waals surface area (Å²) in [6.07, 6.45) is 0. The van der Waals surface area contributed by atoms with E-state index in [0.717, 1.165) is 0 Å². The Morgan fingerprint density at radius 3 is 0.882 bits per heavy atom. The lowest BCUT2D eigenvalue weighted by atomic mass is 10.8. The molecule has 0 saturated heterocycles. The van der Waals surface area contributed by atoms with Gasteiger partial charge in [-0.2, -0.15) is 0 Å². The van der Waals surface area contributed by atoms with Crippen molar-refractivity contribution in [1.82, 2.24) is 0 Å². The molecule has 0 heterocycles. The minimum Gasteiger partial charge on any atom is -0.411 e. The van der Waals surface area contributed by atoms with E-state index in [9.17, 15) is 0 Å². The molecule has 0 amide bonds. The normalized spacial score (nSPS) is 19.1. The van der Waals surface area contributed by atoms with E-state index in [1.807, 2.05) is 0 Å². The van der Waals surface area contributed by atoms with E-state index >= 15 is 0 Å². The second-order valence-corrected chi connectivity index (χ2v) is 7.89. The highest BCUT2D eigenvalue weighted by Crippen LogP contribution is 2.15. The molecule has 0 radical (unpaired) electrons. The van der Waals surface area contributed by atoms with Gasteiger partial charge in [-0.1, -0.05) is 0 Å². The number of hydrogen-bond donors (Lipinski definition) is 4. The van der Waals surface area contributed by atoms with Gasteiger partial charge in [0.05, 0.1) is 21.3 Å². The number of rotatable bonds is 4. The maximum Gasteiger partial charge on any atom is 0.258 e. The molecule has 4 N–H and O–H groups in total. The van der Waals surface area contributed by atoms with E-state index in [0.29, 0.717) is 0 Å². The van der Waals surface area contributed by atoms with Crippen molar-refractivity contribution in [1.29, 1.82) is 0 Å². The SMILES string of the molecule is CC(=NO)[Si](C(C)=NO)(C(C)=NO)C(C)=NO. The molecule has 0 fully saturated rings. The third-order valence-electron chi connectivity index (χ3n) is 2.77. The number of nitrogens with zero attached hydrogens (tertiary/aromatic N) is 4. The van der Waals surface area contributed by atoms with E-state index in [1.165, 1.54) is 27.7 Å². The summed E-state index contributed by atoms with van der Waals surface area (Å²) in [6, 6.07) is 0. The quantitative estimate of drug-likeness (QED) is 0.260. The Kier molecular flexibility index (Phi) is 5.32. The van der Waals surface area contributed by atoms with Crippen LogP contribution in [0.25, 0.3) is 0 Å². The van der Waals surface area contributed by atoms with Crippen LogP contribution in [0.4, 0.5) is 0 Å². The molecule has 0 unspecified atom stereocenters. The molecule has 0 atom stereocenters. The van der Waals surface area contributed by atoms with Crippen molar-refractivity contribution in [2.75, 3.05) is 0 Å². The summed E-state index contributed by atoms with van der Waals surface area (Å²) < 4.78 is 0. The van der Waals surface area contributed by atoms with Gasteiger partial charge in [0.15, 0.2) is 0 Å². The molecule has 0 spiro atoms. The molecule has 0 aliphatic rings. The first-order valence-electron chi connectivity index (χ1n) is 4.69. The van der Waals surface area contributed by atoms with Gasteiger partial charge in [0, 0.05) is 0 Å². The van der Waals surface area contributed by atoms with Crippen LogP contribution in [0.1, 0.15) is 27.7 Å². The molecule has 0 aromatic carbocycles. The monoisotopic (exact) mass is 260 g/mol. The van der Waals surface area contributed by atoms with Crippen molar-refractivity contribution in [3.8, 4) is 0 Å². The molecular formula is C8H16N4O4Si. The van der Waals surface area contributed by atoms with E-state index in [1.54, 1.807) is 0 Å². The second-order valence-electron chi connectivity index (χ2n) is 3.49. The van der Waals surface area contributed by atoms with Gasteiger partial charge in [-0.15, -0.1) is 20.6 Å². The zero-order valence-corrected chi connectivity index (χ0v) is 11.1. The molecule has 0 aromatic heterocycles. The summed E-state index contributed by atoms with van der Waals surface area (Å²) in [7, 11) is -3.21. The fourth-order valence-corrected chi connectivity index (χ4v) is 5.61. The molecule has 0 bridgehead atoms. The van der Waals surface area contributed by atoms with E-state index in [4.69, 9.17) is 20.8 Å². The van der Waals surface area contributed by atoms with Crippen LogP contribution in [-0.4, -0.2) is 50.2 Å². The molecular weight excluding hydrogens is 244 g/mol. The van der Waals surface area contributed by atoms with Gasteiger partial charge in [0.2, 0.25) is 0 Å². The van der Waals surface area contributed by atoms with Crippen LogP contribution in [0.3, 0.4) is 0 Å². The summed E-state index contributed by atoms with van der Waals surface area (Å²) in [6.45, 7) is 5.91. The van der Waals surface area contributed by atoms with Gasteiger partial charge in [-0.05, 0) is 27.7 Å². The number of oxime groups is 4. The fraction of sp³-hybridized carbons (Fsp3) is 0.500. The van der Waals surface area contributed by atoms with Crippen molar-refractivity contribution >= 4 is 29.4 Å². The van der Waals surface area contributed by atoms with E-state index in [-0.39, 0.29) is 21.3 Å². The Balaban J connectivity index is 6.31. The predicted octanol–water partition coefficient (Wildman–Crippen LogP) is 0.992. The van der Waals surface area contributed by atoms with Gasteiger partial charge in [0.1, 0.15) is 0 Å². The molecule has 0 saturated carbocycles. The topological polar surface area (TPSA) is 130 Å². The number of hydrogen-bond acceptors (Lipinski definition) is 8. The molecule has 8 nitrogen and oxygen atoms in total. The first kappa shape index (κ1) is 15.1. The van der Waals surface area contributed by atoms with Crippen molar-refractivity contribution < 1.29 is 20.8 Å². The largest absolute Gasteiger partial charge is 0.411 e. The Hall–Kier alpha value is -1.90. The predicted molar refractivity (Wildman–Crippen MR) is 65.3 cm³/mol. The van der Waals surface area contributed by atoms with Gasteiger partial charge in [-0.3, -0.25) is 0 Å². The van der Waals surface area contributed by atoms with Gasteiger partial charge < -0.3 is 20.8 Å². The Labute approximate surface area is 99.2 Å². The van der Waals surface area contributed by atoms with Gasteiger partial charge >= 0.3 is 0 Å². The van der Waals surface area contributed by atoms with E-state index in [2.05, 4.69) is 20.6 Å². The summed E-state index contributed by atoms with van der Waals surface area (Å²) in [5.74, 6) is 0. The van der Waals surface area contributed by atoms with E-state index < -0.39 is 8.07 Å². The van der Waals surface area contributed by atoms with Crippen LogP contribution >= 0.6 is 0 Å². The third kappa shape index (κ3) is 2.28. The summed E-state index contributed by atoms with van der Waals surface area (Å²) in [5.41, 5.74) is 0. The summed E-state index contributed by atoms with van der Waals surface area (Å²) in [4.78, 5) is 0. The Morgan fingerprint density at radius 2 is 0.765 bits per heavy atom. The molecule has 0 aliphatic carbocycles. The Morgan fingerprint density at radius 1 is 0.588 bits per heavy atom. The van der Waals surface area contributed by atoms with Crippen molar-refractivity contribution in [2.45, 2.75) is 27.7 Å².